The molecule has 1 unspecified atom stereocenters. The van der Waals surface area contributed by atoms with Crippen molar-refractivity contribution in [1.29, 1.82) is 5.41 Å². The largest absolute Gasteiger partial charge is 0.497 e. The molecule has 0 aromatic heterocycles. The van der Waals surface area contributed by atoms with Gasteiger partial charge in [0.2, 0.25) is 5.91 Å². The van der Waals surface area contributed by atoms with E-state index in [2.05, 4.69) is 0 Å². The van der Waals surface area contributed by atoms with Crippen molar-refractivity contribution in [3.8, 4) is 5.75 Å². The molecule has 4 heteroatoms. The number of methoxy groups -OCH3 is 1. The summed E-state index contributed by atoms with van der Waals surface area (Å²) >= 11 is 0. The van der Waals surface area contributed by atoms with Crippen LogP contribution in [0.15, 0.2) is 78.9 Å². The first-order chi connectivity index (χ1) is 13.2. The van der Waals surface area contributed by atoms with Gasteiger partial charge in [-0.05, 0) is 28.8 Å². The summed E-state index contributed by atoms with van der Waals surface area (Å²) in [6.45, 7) is 0.388. The fraction of sp³-hybridized carbons (Fsp3) is 0.130. The number of fused-ring (bicyclic) bond motifs is 1. The molecule has 0 saturated carbocycles. The Balaban J connectivity index is 1.78. The predicted octanol–water partition coefficient (Wildman–Crippen LogP) is 4.19. The van der Waals surface area contributed by atoms with E-state index in [0.29, 0.717) is 6.54 Å². The first kappa shape index (κ1) is 17.0. The maximum atomic E-state index is 13.4. The molecule has 3 aromatic rings. The molecular formula is C23H20N2O2. The zero-order valence-corrected chi connectivity index (χ0v) is 15.1. The van der Waals surface area contributed by atoms with Gasteiger partial charge in [0.05, 0.1) is 19.6 Å². The Morgan fingerprint density at radius 2 is 1.59 bits per heavy atom. The molecule has 27 heavy (non-hydrogen) atoms. The highest BCUT2D eigenvalue weighted by Crippen LogP contribution is 2.35. The zero-order chi connectivity index (χ0) is 18.8. The number of hydrogen-bond donors (Lipinski definition) is 1. The van der Waals surface area contributed by atoms with Gasteiger partial charge in [-0.15, -0.1) is 0 Å². The summed E-state index contributed by atoms with van der Waals surface area (Å²) in [5.74, 6) is 0.506. The van der Waals surface area contributed by atoms with Gasteiger partial charge in [-0.2, -0.15) is 0 Å². The van der Waals surface area contributed by atoms with Crippen LogP contribution in [-0.4, -0.2) is 23.8 Å². The lowest BCUT2D eigenvalue weighted by Gasteiger charge is -2.34. The molecule has 0 spiro atoms. The summed E-state index contributed by atoms with van der Waals surface area (Å²) < 4.78 is 5.24. The van der Waals surface area contributed by atoms with Crippen molar-refractivity contribution in [3.63, 3.8) is 0 Å². The van der Waals surface area contributed by atoms with Gasteiger partial charge in [0, 0.05) is 5.56 Å². The molecule has 1 N–H and O–H groups in total. The van der Waals surface area contributed by atoms with Crippen LogP contribution in [0.5, 0.6) is 5.75 Å². The lowest BCUT2D eigenvalue weighted by molar-refractivity contribution is -0.128. The molecule has 0 bridgehead atoms. The van der Waals surface area contributed by atoms with Gasteiger partial charge in [-0.3, -0.25) is 15.1 Å². The third kappa shape index (κ3) is 3.10. The average Bonchev–Trinajstić information content (AvgIpc) is 2.72. The quantitative estimate of drug-likeness (QED) is 0.762. The minimum atomic E-state index is -0.426. The summed E-state index contributed by atoms with van der Waals surface area (Å²) in [6.07, 6.45) is 0. The second-order valence-corrected chi connectivity index (χ2v) is 6.55. The average molecular weight is 356 g/mol. The Kier molecular flexibility index (Phi) is 4.47. The number of amides is 1. The predicted molar refractivity (Wildman–Crippen MR) is 105 cm³/mol. The van der Waals surface area contributed by atoms with Gasteiger partial charge in [0.25, 0.3) is 0 Å². The molecule has 1 aliphatic rings. The van der Waals surface area contributed by atoms with Crippen molar-refractivity contribution >= 4 is 11.7 Å². The van der Waals surface area contributed by atoms with Crippen molar-refractivity contribution in [2.75, 3.05) is 7.11 Å². The molecule has 0 fully saturated rings. The molecule has 0 aliphatic carbocycles. The van der Waals surface area contributed by atoms with E-state index in [9.17, 15) is 4.79 Å². The lowest BCUT2D eigenvalue weighted by atomic mass is 9.83. The number of rotatable bonds is 4. The summed E-state index contributed by atoms with van der Waals surface area (Å²) in [4.78, 5) is 15.0. The maximum absolute atomic E-state index is 13.4. The second kappa shape index (κ2) is 7.08. The Morgan fingerprint density at radius 3 is 2.30 bits per heavy atom. The van der Waals surface area contributed by atoms with Crippen LogP contribution in [0.3, 0.4) is 0 Å². The topological polar surface area (TPSA) is 53.4 Å². The number of benzene rings is 3. The SMILES string of the molecule is COc1ccc(C2C(=O)N(Cc3ccccc3)C(=N)c3ccccc32)cc1. The maximum Gasteiger partial charge on any atom is 0.240 e. The zero-order valence-electron chi connectivity index (χ0n) is 15.1. The third-order valence-corrected chi connectivity index (χ3v) is 4.94. The Labute approximate surface area is 158 Å². The van der Waals surface area contributed by atoms with Gasteiger partial charge in [0.1, 0.15) is 11.6 Å². The summed E-state index contributed by atoms with van der Waals surface area (Å²) in [5.41, 5.74) is 3.58. The number of carbonyl (C=O) groups is 1. The number of amidine groups is 1. The van der Waals surface area contributed by atoms with Gasteiger partial charge in [-0.25, -0.2) is 0 Å². The Morgan fingerprint density at radius 1 is 0.926 bits per heavy atom. The van der Waals surface area contributed by atoms with E-state index in [4.69, 9.17) is 10.1 Å². The van der Waals surface area contributed by atoms with E-state index in [0.717, 1.165) is 28.0 Å². The Bertz CT molecular complexity index is 981. The monoisotopic (exact) mass is 356 g/mol. The number of ether oxygens (including phenoxy) is 1. The van der Waals surface area contributed by atoms with Crippen LogP contribution in [0.4, 0.5) is 0 Å². The van der Waals surface area contributed by atoms with Crippen LogP contribution in [0.1, 0.15) is 28.2 Å². The molecule has 4 nitrogen and oxygen atoms in total. The number of nitrogens with one attached hydrogen (secondary N) is 1. The molecule has 0 radical (unpaired) electrons. The van der Waals surface area contributed by atoms with Gasteiger partial charge in [-0.1, -0.05) is 66.7 Å². The molecule has 1 heterocycles. The van der Waals surface area contributed by atoms with Crippen LogP contribution >= 0.6 is 0 Å². The fourth-order valence-corrected chi connectivity index (χ4v) is 3.55. The molecule has 1 amide bonds. The minimum absolute atomic E-state index is 0.0762. The van der Waals surface area contributed by atoms with Crippen LogP contribution < -0.4 is 4.74 Å². The smallest absolute Gasteiger partial charge is 0.240 e. The molecule has 3 aromatic carbocycles. The van der Waals surface area contributed by atoms with E-state index < -0.39 is 5.92 Å². The first-order valence-electron chi connectivity index (χ1n) is 8.86. The third-order valence-electron chi connectivity index (χ3n) is 4.94. The molecule has 1 aliphatic heterocycles. The van der Waals surface area contributed by atoms with Crippen LogP contribution in [0.2, 0.25) is 0 Å². The highest BCUT2D eigenvalue weighted by atomic mass is 16.5. The molecule has 134 valence electrons. The minimum Gasteiger partial charge on any atom is -0.497 e. The van der Waals surface area contributed by atoms with E-state index in [1.54, 1.807) is 12.0 Å². The van der Waals surface area contributed by atoms with Gasteiger partial charge < -0.3 is 4.74 Å². The fourth-order valence-electron chi connectivity index (χ4n) is 3.55. The van der Waals surface area contributed by atoms with E-state index in [-0.39, 0.29) is 11.7 Å². The number of carbonyl (C=O) groups excluding carboxylic acids is 1. The highest BCUT2D eigenvalue weighted by Gasteiger charge is 2.37. The van der Waals surface area contributed by atoms with E-state index in [1.165, 1.54) is 0 Å². The van der Waals surface area contributed by atoms with Gasteiger partial charge in [0.15, 0.2) is 0 Å². The van der Waals surface area contributed by atoms with Crippen molar-refractivity contribution in [2.24, 2.45) is 0 Å². The van der Waals surface area contributed by atoms with E-state index in [1.807, 2.05) is 78.9 Å². The van der Waals surface area contributed by atoms with Gasteiger partial charge >= 0.3 is 0 Å². The van der Waals surface area contributed by atoms with Crippen molar-refractivity contribution in [2.45, 2.75) is 12.5 Å². The molecule has 4 rings (SSSR count). The lowest BCUT2D eigenvalue weighted by Crippen LogP contribution is -2.44. The van der Waals surface area contributed by atoms with Crippen LogP contribution in [0.25, 0.3) is 0 Å². The molecular weight excluding hydrogens is 336 g/mol. The van der Waals surface area contributed by atoms with E-state index >= 15 is 0 Å². The summed E-state index contributed by atoms with van der Waals surface area (Å²) in [6, 6.07) is 25.1. The number of hydrogen-bond acceptors (Lipinski definition) is 3. The second-order valence-electron chi connectivity index (χ2n) is 6.55. The van der Waals surface area contributed by atoms with Crippen molar-refractivity contribution < 1.29 is 9.53 Å². The summed E-state index contributed by atoms with van der Waals surface area (Å²) in [5, 5.41) is 8.61. The van der Waals surface area contributed by atoms with Crippen molar-refractivity contribution in [1.82, 2.24) is 4.90 Å². The summed E-state index contributed by atoms with van der Waals surface area (Å²) in [7, 11) is 1.62. The van der Waals surface area contributed by atoms with Crippen LogP contribution in [0, 0.1) is 5.41 Å². The number of nitrogens with zero attached hydrogens (tertiary/aromatic N) is 1. The molecule has 1 atom stereocenters. The first-order valence-corrected chi connectivity index (χ1v) is 8.86. The standard InChI is InChI=1S/C23H20N2O2/c1-27-18-13-11-17(12-14-18)21-19-9-5-6-10-20(19)22(24)25(23(21)26)15-16-7-3-2-4-8-16/h2-14,21,24H,15H2,1H3. The molecule has 0 saturated heterocycles. The Hall–Kier alpha value is -3.40. The normalized spacial score (nSPS) is 16.2. The van der Waals surface area contributed by atoms with Crippen LogP contribution in [-0.2, 0) is 11.3 Å². The van der Waals surface area contributed by atoms with Crippen molar-refractivity contribution in [3.05, 3.63) is 101 Å². The highest BCUT2D eigenvalue weighted by molar-refractivity contribution is 6.13.